The molecule has 0 bridgehead atoms. The maximum Gasteiger partial charge on any atom is 0.344 e. The summed E-state index contributed by atoms with van der Waals surface area (Å²) in [4.78, 5) is 1.86. The van der Waals surface area contributed by atoms with Gasteiger partial charge in [0.25, 0.3) is 0 Å². The van der Waals surface area contributed by atoms with Gasteiger partial charge >= 0.3 is 5.96 Å². The first-order chi connectivity index (χ1) is 7.99. The standard InChI is InChI=1S/C7H7NO.C5H13N3/c9-8-6-7-4-2-1-3-5-7;1-7(2)5(6)8(3)4/h1-6,9H;6H,1-4H3/b8-6-;. The third kappa shape index (κ3) is 6.94. The minimum atomic E-state index is 0.769. The molecule has 94 valence electrons. The van der Waals surface area contributed by atoms with Gasteiger partial charge in [-0.2, -0.15) is 0 Å². The number of nitrogens with zero attached hydrogens (tertiary/aromatic N) is 3. The molecule has 0 unspecified atom stereocenters. The maximum absolute atomic E-state index is 9.67. The molecule has 0 saturated heterocycles. The summed E-state index contributed by atoms with van der Waals surface area (Å²) in [5, 5.41) is 12.3. The number of guanidine groups is 1. The van der Waals surface area contributed by atoms with Crippen LogP contribution < -0.4 is 5.73 Å². The Labute approximate surface area is 102 Å². The molecule has 17 heavy (non-hydrogen) atoms. The molecule has 0 saturated carbocycles. The van der Waals surface area contributed by atoms with E-state index >= 15 is 0 Å². The molecule has 0 fully saturated rings. The topological polar surface area (TPSA) is 67.7 Å². The van der Waals surface area contributed by atoms with Gasteiger partial charge < -0.3 is 10.4 Å². The van der Waals surface area contributed by atoms with Crippen molar-refractivity contribution >= 4 is 12.2 Å². The van der Waals surface area contributed by atoms with E-state index in [4.69, 9.17) is 5.73 Å². The summed E-state index contributed by atoms with van der Waals surface area (Å²) in [6.07, 6.45) is 1.28. The molecule has 0 heterocycles. The molecule has 0 atom stereocenters. The van der Waals surface area contributed by atoms with Gasteiger partial charge in [0, 0.05) is 6.21 Å². The molecule has 0 aliphatic carbocycles. The van der Waals surface area contributed by atoms with Crippen LogP contribution in [0.4, 0.5) is 0 Å². The Balaban J connectivity index is 0.000000304. The zero-order chi connectivity index (χ0) is 13.3. The highest BCUT2D eigenvalue weighted by atomic mass is 16.4. The fraction of sp³-hybridized carbons (Fsp3) is 0.333. The maximum atomic E-state index is 9.67. The average molecular weight is 236 g/mol. The number of nitrogens with two attached hydrogens (primary N) is 1. The fourth-order valence-corrected chi connectivity index (χ4v) is 1.000. The highest BCUT2D eigenvalue weighted by Crippen LogP contribution is 1.92. The normalized spacial score (nSPS) is 9.41. The van der Waals surface area contributed by atoms with E-state index in [1.807, 2.05) is 68.0 Å². The SMILES string of the molecule is CN(C)C(N)=[N+](C)C.[O-]/N=C\c1ccccc1. The van der Waals surface area contributed by atoms with Gasteiger partial charge in [0.05, 0.1) is 28.2 Å². The van der Waals surface area contributed by atoms with Crippen molar-refractivity contribution in [1.29, 1.82) is 0 Å². The van der Waals surface area contributed by atoms with Crippen molar-refractivity contribution in [2.24, 2.45) is 10.9 Å². The summed E-state index contributed by atoms with van der Waals surface area (Å²) in [7, 11) is 7.65. The van der Waals surface area contributed by atoms with Crippen molar-refractivity contribution in [1.82, 2.24) is 4.90 Å². The summed E-state index contributed by atoms with van der Waals surface area (Å²) in [6.45, 7) is 0. The number of hydrogen-bond acceptors (Lipinski definition) is 2. The van der Waals surface area contributed by atoms with E-state index in [1.165, 1.54) is 6.21 Å². The van der Waals surface area contributed by atoms with Gasteiger partial charge in [0.1, 0.15) is 0 Å². The van der Waals surface area contributed by atoms with Crippen LogP contribution in [0.2, 0.25) is 0 Å². The molecule has 0 spiro atoms. The van der Waals surface area contributed by atoms with E-state index in [0.717, 1.165) is 11.5 Å². The van der Waals surface area contributed by atoms with Crippen LogP contribution in [0, 0.1) is 5.21 Å². The average Bonchev–Trinajstić information content (AvgIpc) is 2.30. The molecule has 2 N–H and O–H groups in total. The van der Waals surface area contributed by atoms with Gasteiger partial charge in [-0.3, -0.25) is 15.2 Å². The molecule has 0 aliphatic heterocycles. The number of benzene rings is 1. The van der Waals surface area contributed by atoms with E-state index in [2.05, 4.69) is 5.16 Å². The van der Waals surface area contributed by atoms with Crippen LogP contribution in [0.1, 0.15) is 5.56 Å². The molecular formula is C12H20N4O. The molecule has 0 aliphatic rings. The van der Waals surface area contributed by atoms with Crippen molar-refractivity contribution in [3.8, 4) is 0 Å². The second-order valence-corrected chi connectivity index (χ2v) is 3.79. The lowest BCUT2D eigenvalue weighted by Crippen LogP contribution is -2.36. The number of rotatable bonds is 1. The van der Waals surface area contributed by atoms with Crippen molar-refractivity contribution in [2.45, 2.75) is 0 Å². The minimum absolute atomic E-state index is 0.769. The van der Waals surface area contributed by atoms with E-state index in [-0.39, 0.29) is 0 Å². The Kier molecular flexibility index (Phi) is 7.17. The van der Waals surface area contributed by atoms with Crippen LogP contribution in [-0.4, -0.2) is 49.8 Å². The quantitative estimate of drug-likeness (QED) is 0.338. The summed E-state index contributed by atoms with van der Waals surface area (Å²) >= 11 is 0. The Morgan fingerprint density at radius 3 is 2.12 bits per heavy atom. The largest absolute Gasteiger partial charge is 0.792 e. The van der Waals surface area contributed by atoms with Gasteiger partial charge in [-0.25, -0.2) is 0 Å². The molecule has 0 aromatic heterocycles. The summed E-state index contributed by atoms with van der Waals surface area (Å²) in [6, 6.07) is 9.25. The molecule has 1 aromatic carbocycles. The predicted octanol–water partition coefficient (Wildman–Crippen LogP) is 0.738. The zero-order valence-electron chi connectivity index (χ0n) is 10.8. The summed E-state index contributed by atoms with van der Waals surface area (Å²) in [5.41, 5.74) is 6.37. The molecule has 1 rings (SSSR count). The molecule has 5 nitrogen and oxygen atoms in total. The van der Waals surface area contributed by atoms with Crippen molar-refractivity contribution in [3.63, 3.8) is 0 Å². The van der Waals surface area contributed by atoms with Gasteiger partial charge in [-0.05, 0) is 5.56 Å². The van der Waals surface area contributed by atoms with Crippen LogP contribution in [0.5, 0.6) is 0 Å². The van der Waals surface area contributed by atoms with Crippen molar-refractivity contribution in [3.05, 3.63) is 41.1 Å². The van der Waals surface area contributed by atoms with Gasteiger partial charge in [-0.15, -0.1) is 0 Å². The van der Waals surface area contributed by atoms with Crippen LogP contribution >= 0.6 is 0 Å². The fourth-order valence-electron chi connectivity index (χ4n) is 1.000. The van der Waals surface area contributed by atoms with Crippen LogP contribution in [-0.2, 0) is 0 Å². The zero-order valence-corrected chi connectivity index (χ0v) is 10.8. The third-order valence-corrected chi connectivity index (χ3v) is 1.92. The van der Waals surface area contributed by atoms with Gasteiger partial charge in [-0.1, -0.05) is 30.3 Å². The molecular weight excluding hydrogens is 216 g/mol. The van der Waals surface area contributed by atoms with Crippen molar-refractivity contribution < 1.29 is 4.58 Å². The molecule has 0 amide bonds. The summed E-state index contributed by atoms with van der Waals surface area (Å²) < 4.78 is 1.86. The first-order valence-corrected chi connectivity index (χ1v) is 5.16. The first kappa shape index (κ1) is 15.0. The highest BCUT2D eigenvalue weighted by Gasteiger charge is 2.00. The Bertz CT molecular complexity index is 367. The number of hydrogen-bond donors (Lipinski definition) is 1. The summed E-state index contributed by atoms with van der Waals surface area (Å²) in [5.74, 6) is 0.769. The smallest absolute Gasteiger partial charge is 0.344 e. The van der Waals surface area contributed by atoms with Crippen molar-refractivity contribution in [2.75, 3.05) is 28.2 Å². The second-order valence-electron chi connectivity index (χ2n) is 3.79. The highest BCUT2D eigenvalue weighted by molar-refractivity contribution is 5.79. The van der Waals surface area contributed by atoms with E-state index in [0.29, 0.717) is 0 Å². The predicted molar refractivity (Wildman–Crippen MR) is 72.4 cm³/mol. The van der Waals surface area contributed by atoms with E-state index in [9.17, 15) is 5.21 Å². The van der Waals surface area contributed by atoms with Crippen LogP contribution in [0.25, 0.3) is 0 Å². The second kappa shape index (κ2) is 8.15. The third-order valence-electron chi connectivity index (χ3n) is 1.92. The lowest BCUT2D eigenvalue weighted by Gasteiger charge is -2.04. The van der Waals surface area contributed by atoms with Gasteiger partial charge in [0.2, 0.25) is 0 Å². The molecule has 5 heteroatoms. The van der Waals surface area contributed by atoms with Crippen LogP contribution in [0.15, 0.2) is 35.5 Å². The van der Waals surface area contributed by atoms with E-state index < -0.39 is 0 Å². The van der Waals surface area contributed by atoms with E-state index in [1.54, 1.807) is 0 Å². The van der Waals surface area contributed by atoms with Crippen LogP contribution in [0.3, 0.4) is 0 Å². The Morgan fingerprint density at radius 2 is 1.82 bits per heavy atom. The van der Waals surface area contributed by atoms with Gasteiger partial charge in [0.15, 0.2) is 0 Å². The Hall–Kier alpha value is -2.04. The molecule has 0 radical (unpaired) electrons. The Morgan fingerprint density at radius 1 is 1.29 bits per heavy atom. The first-order valence-electron chi connectivity index (χ1n) is 5.16. The monoisotopic (exact) mass is 236 g/mol. The minimum Gasteiger partial charge on any atom is -0.792 e. The molecule has 1 aromatic rings. The lowest BCUT2D eigenvalue weighted by atomic mass is 10.2. The lowest BCUT2D eigenvalue weighted by molar-refractivity contribution is -0.470.